The van der Waals surface area contributed by atoms with E-state index >= 15 is 0 Å². The van der Waals surface area contributed by atoms with Gasteiger partial charge in [0, 0.05) is 6.10 Å². The highest BCUT2D eigenvalue weighted by Crippen LogP contribution is 2.34. The summed E-state index contributed by atoms with van der Waals surface area (Å²) in [6.45, 7) is 12.2. The predicted octanol–water partition coefficient (Wildman–Crippen LogP) is 3.57. The first-order valence-electron chi connectivity index (χ1n) is 5.57. The molecule has 0 bridgehead atoms. The molecule has 1 heterocycles. The van der Waals surface area contributed by atoms with Gasteiger partial charge in [-0.1, -0.05) is 32.5 Å². The quantitative estimate of drug-likeness (QED) is 0.641. The van der Waals surface area contributed by atoms with Gasteiger partial charge < -0.3 is 4.43 Å². The van der Waals surface area contributed by atoms with Gasteiger partial charge in [0.05, 0.1) is 7.59 Å². The van der Waals surface area contributed by atoms with Crippen molar-refractivity contribution in [2.24, 2.45) is 0 Å². The molecule has 0 N–H and O–H groups in total. The third-order valence-electron chi connectivity index (χ3n) is 3.79. The van der Waals surface area contributed by atoms with Crippen molar-refractivity contribution in [2.45, 2.75) is 64.5 Å². The van der Waals surface area contributed by atoms with Crippen LogP contribution in [-0.2, 0) is 4.43 Å². The average Bonchev–Trinajstić information content (AvgIpc) is 1.98. The molecule has 3 heteroatoms. The van der Waals surface area contributed by atoms with E-state index in [1.54, 1.807) is 0 Å². The summed E-state index contributed by atoms with van der Waals surface area (Å²) in [5.41, 5.74) is 0. The largest absolute Gasteiger partial charge is 0.417 e. The highest BCUT2D eigenvalue weighted by Gasteiger charge is 2.47. The second kappa shape index (κ2) is 3.87. The lowest BCUT2D eigenvalue weighted by Gasteiger charge is -2.45. The van der Waals surface area contributed by atoms with Crippen molar-refractivity contribution in [3.63, 3.8) is 0 Å². The van der Waals surface area contributed by atoms with Crippen LogP contribution in [0.4, 0.5) is 0 Å². The van der Waals surface area contributed by atoms with Gasteiger partial charge >= 0.3 is 0 Å². The fourth-order valence-electron chi connectivity index (χ4n) is 1.98. The molecule has 0 aliphatic carbocycles. The van der Waals surface area contributed by atoms with Crippen LogP contribution in [0.1, 0.15) is 26.2 Å². The van der Waals surface area contributed by atoms with Crippen LogP contribution in [0.5, 0.6) is 0 Å². The van der Waals surface area contributed by atoms with E-state index in [1.807, 2.05) is 0 Å². The van der Waals surface area contributed by atoms with Crippen LogP contribution in [0.3, 0.4) is 0 Å². The van der Waals surface area contributed by atoms with Crippen LogP contribution in [0, 0.1) is 0 Å². The van der Waals surface area contributed by atoms with E-state index in [1.165, 1.54) is 25.3 Å². The Hall–Kier alpha value is 0.394. The van der Waals surface area contributed by atoms with Gasteiger partial charge in [-0.15, -0.1) is 0 Å². The molecule has 1 unspecified atom stereocenters. The van der Waals surface area contributed by atoms with Crippen molar-refractivity contribution in [1.82, 2.24) is 0 Å². The summed E-state index contributed by atoms with van der Waals surface area (Å²) in [5, 5.41) is 0. The molecule has 1 aliphatic heterocycles. The summed E-state index contributed by atoms with van der Waals surface area (Å²) < 4.78 is 6.33. The normalized spacial score (nSPS) is 31.6. The fourth-order valence-corrected chi connectivity index (χ4v) is 8.71. The highest BCUT2D eigenvalue weighted by molar-refractivity contribution is 7.38. The first-order chi connectivity index (χ1) is 5.89. The number of hydrogen-bond acceptors (Lipinski definition) is 1. The Morgan fingerprint density at radius 2 is 1.85 bits per heavy atom. The first kappa shape index (κ1) is 11.5. The maximum absolute atomic E-state index is 6.33. The van der Waals surface area contributed by atoms with Gasteiger partial charge in [0.15, 0.2) is 7.83 Å². The monoisotopic (exact) mass is 216 g/mol. The van der Waals surface area contributed by atoms with E-state index in [4.69, 9.17) is 4.43 Å². The lowest BCUT2D eigenvalue weighted by molar-refractivity contribution is 0.174. The van der Waals surface area contributed by atoms with Crippen LogP contribution >= 0.6 is 0 Å². The summed E-state index contributed by atoms with van der Waals surface area (Å²) in [6.07, 6.45) is 4.49. The predicted molar refractivity (Wildman–Crippen MR) is 64.2 cm³/mol. The molecule has 1 aliphatic rings. The minimum absolute atomic E-state index is 0.604. The zero-order chi connectivity index (χ0) is 10.1. The number of rotatable bonds is 2. The second-order valence-electron chi connectivity index (χ2n) is 5.46. The summed E-state index contributed by atoms with van der Waals surface area (Å²) in [7, 11) is -2.25. The van der Waals surface area contributed by atoms with Gasteiger partial charge in [0.25, 0.3) is 0 Å². The van der Waals surface area contributed by atoms with Crippen molar-refractivity contribution in [3.8, 4) is 0 Å². The van der Waals surface area contributed by atoms with Crippen LogP contribution in [-0.4, -0.2) is 21.5 Å². The maximum atomic E-state index is 6.33. The smallest absolute Gasteiger partial charge is 0.174 e. The van der Waals surface area contributed by atoms with Gasteiger partial charge in [0.1, 0.15) is 0 Å². The van der Waals surface area contributed by atoms with Gasteiger partial charge in [-0.2, -0.15) is 0 Å². The summed E-state index contributed by atoms with van der Waals surface area (Å²) >= 11 is 0. The molecular formula is C10H24OSi2. The van der Waals surface area contributed by atoms with E-state index in [0.29, 0.717) is 6.10 Å². The van der Waals surface area contributed by atoms with Crippen LogP contribution in [0.2, 0.25) is 32.2 Å². The van der Waals surface area contributed by atoms with Crippen molar-refractivity contribution in [1.29, 1.82) is 0 Å². The summed E-state index contributed by atoms with van der Waals surface area (Å²) in [5.74, 6) is 0. The van der Waals surface area contributed by atoms with E-state index in [-0.39, 0.29) is 0 Å². The second-order valence-corrected chi connectivity index (χ2v) is 20.7. The van der Waals surface area contributed by atoms with E-state index in [2.05, 4.69) is 33.1 Å². The Balaban J connectivity index is 2.59. The van der Waals surface area contributed by atoms with Gasteiger partial charge in [-0.3, -0.25) is 0 Å². The Labute approximate surface area is 84.8 Å². The molecule has 1 nitrogen and oxygen atoms in total. The van der Waals surface area contributed by atoms with Gasteiger partial charge in [-0.05, 0) is 25.9 Å². The van der Waals surface area contributed by atoms with Crippen LogP contribution < -0.4 is 0 Å². The highest BCUT2D eigenvalue weighted by atomic mass is 29.3. The van der Waals surface area contributed by atoms with Crippen LogP contribution in [0.25, 0.3) is 0 Å². The zero-order valence-electron chi connectivity index (χ0n) is 9.81. The Morgan fingerprint density at radius 3 is 2.31 bits per heavy atom. The fraction of sp³-hybridized carbons (Fsp3) is 1.00. The van der Waals surface area contributed by atoms with E-state index < -0.39 is 15.4 Å². The zero-order valence-corrected chi connectivity index (χ0v) is 11.8. The van der Waals surface area contributed by atoms with Gasteiger partial charge in [-0.25, -0.2) is 0 Å². The molecule has 0 amide bonds. The molecule has 0 aromatic heterocycles. The molecule has 0 radical (unpaired) electrons. The van der Waals surface area contributed by atoms with Crippen molar-refractivity contribution in [2.75, 3.05) is 0 Å². The van der Waals surface area contributed by atoms with E-state index in [9.17, 15) is 0 Å². The van der Waals surface area contributed by atoms with Crippen molar-refractivity contribution in [3.05, 3.63) is 0 Å². The molecule has 0 aromatic carbocycles. The molecule has 13 heavy (non-hydrogen) atoms. The Morgan fingerprint density at radius 1 is 1.23 bits per heavy atom. The summed E-state index contributed by atoms with van der Waals surface area (Å²) in [6, 6.07) is 1.50. The topological polar surface area (TPSA) is 9.23 Å². The minimum atomic E-state index is -1.28. The molecule has 0 saturated carbocycles. The molecule has 0 aromatic rings. The van der Waals surface area contributed by atoms with Crippen molar-refractivity contribution < 1.29 is 4.43 Å². The standard InChI is InChI=1S/C10H24OSi2/c1-6-7-10-8-9-12(2,3)13(4,5)11-10/h10H,6-9H2,1-5H3. The third kappa shape index (κ3) is 2.45. The molecule has 0 spiro atoms. The van der Waals surface area contributed by atoms with E-state index in [0.717, 1.165) is 0 Å². The Bertz CT molecular complexity index is 178. The lowest BCUT2D eigenvalue weighted by Crippen LogP contribution is -2.61. The Kier molecular flexibility index (Phi) is 3.41. The first-order valence-corrected chi connectivity index (χ1v) is 12.7. The van der Waals surface area contributed by atoms with Crippen LogP contribution in [0.15, 0.2) is 0 Å². The van der Waals surface area contributed by atoms with Gasteiger partial charge in [0.2, 0.25) is 0 Å². The van der Waals surface area contributed by atoms with Crippen molar-refractivity contribution >= 4 is 15.4 Å². The number of hydrogen-bond donors (Lipinski definition) is 0. The minimum Gasteiger partial charge on any atom is -0.417 e. The maximum Gasteiger partial charge on any atom is 0.174 e. The molecule has 1 rings (SSSR count). The molecule has 1 saturated heterocycles. The molecule has 1 atom stereocenters. The molecule has 78 valence electrons. The SMILES string of the molecule is CCCC1CC[Si](C)(C)[Si](C)(C)O1. The lowest BCUT2D eigenvalue weighted by atomic mass is 10.2. The average molecular weight is 216 g/mol. The molecular weight excluding hydrogens is 192 g/mol. The molecule has 1 fully saturated rings. The summed E-state index contributed by atoms with van der Waals surface area (Å²) in [4.78, 5) is 0. The third-order valence-corrected chi connectivity index (χ3v) is 20.4.